The molecule has 0 saturated carbocycles. The van der Waals surface area contributed by atoms with E-state index in [2.05, 4.69) is 10.3 Å². The Morgan fingerprint density at radius 2 is 2.53 bits per heavy atom. The standard InChI is InChI=1S/C10H13N3O2/c14-10(9-5-12-6-15-9)13-2-1-7-3-11-4-8(7)13/h5-8,11H,1-4H2. The van der Waals surface area contributed by atoms with Gasteiger partial charge in [0, 0.05) is 25.7 Å². The first-order valence-corrected chi connectivity index (χ1v) is 5.26. The Bertz CT molecular complexity index is 363. The third-order valence-corrected chi connectivity index (χ3v) is 3.35. The second-order valence-electron chi connectivity index (χ2n) is 4.14. The lowest BCUT2D eigenvalue weighted by Gasteiger charge is -2.21. The van der Waals surface area contributed by atoms with E-state index in [0.717, 1.165) is 26.1 Å². The molecule has 2 unspecified atom stereocenters. The first-order chi connectivity index (χ1) is 7.36. The second-order valence-corrected chi connectivity index (χ2v) is 4.14. The van der Waals surface area contributed by atoms with Crippen LogP contribution in [0, 0.1) is 5.92 Å². The smallest absolute Gasteiger partial charge is 0.291 e. The fourth-order valence-corrected chi connectivity index (χ4v) is 2.56. The van der Waals surface area contributed by atoms with Gasteiger partial charge in [0.2, 0.25) is 5.76 Å². The number of oxazole rings is 1. The maximum Gasteiger partial charge on any atom is 0.291 e. The largest absolute Gasteiger partial charge is 0.438 e. The number of carbonyl (C=O) groups is 1. The Morgan fingerprint density at radius 3 is 3.33 bits per heavy atom. The van der Waals surface area contributed by atoms with Gasteiger partial charge in [0.1, 0.15) is 0 Å². The van der Waals surface area contributed by atoms with Gasteiger partial charge in [-0.05, 0) is 12.3 Å². The monoisotopic (exact) mass is 207 g/mol. The van der Waals surface area contributed by atoms with Gasteiger partial charge in [-0.15, -0.1) is 0 Å². The molecule has 2 fully saturated rings. The van der Waals surface area contributed by atoms with Gasteiger partial charge < -0.3 is 14.6 Å². The average molecular weight is 207 g/mol. The zero-order chi connectivity index (χ0) is 10.3. The van der Waals surface area contributed by atoms with E-state index in [4.69, 9.17) is 4.42 Å². The number of rotatable bonds is 1. The number of fused-ring (bicyclic) bond motifs is 1. The quantitative estimate of drug-likeness (QED) is 0.710. The molecule has 2 atom stereocenters. The van der Waals surface area contributed by atoms with Crippen molar-refractivity contribution in [1.82, 2.24) is 15.2 Å². The molecular formula is C10H13N3O2. The van der Waals surface area contributed by atoms with Crippen molar-refractivity contribution in [1.29, 1.82) is 0 Å². The number of hydrogen-bond donors (Lipinski definition) is 1. The molecule has 3 rings (SSSR count). The third kappa shape index (κ3) is 1.34. The highest BCUT2D eigenvalue weighted by Crippen LogP contribution is 2.28. The highest BCUT2D eigenvalue weighted by Gasteiger charge is 2.40. The van der Waals surface area contributed by atoms with E-state index in [9.17, 15) is 4.79 Å². The third-order valence-electron chi connectivity index (χ3n) is 3.35. The zero-order valence-corrected chi connectivity index (χ0v) is 8.35. The van der Waals surface area contributed by atoms with Crippen LogP contribution in [-0.2, 0) is 0 Å². The van der Waals surface area contributed by atoms with Crippen LogP contribution >= 0.6 is 0 Å². The first kappa shape index (κ1) is 8.91. The van der Waals surface area contributed by atoms with Crippen molar-refractivity contribution in [3.8, 4) is 0 Å². The summed E-state index contributed by atoms with van der Waals surface area (Å²) in [5.41, 5.74) is 0. The minimum absolute atomic E-state index is 0.0244. The Kier molecular flexibility index (Phi) is 1.98. The lowest BCUT2D eigenvalue weighted by Crippen LogP contribution is -2.38. The van der Waals surface area contributed by atoms with Crippen LogP contribution in [0.2, 0.25) is 0 Å². The molecule has 2 aliphatic rings. The van der Waals surface area contributed by atoms with Gasteiger partial charge in [-0.1, -0.05) is 0 Å². The SMILES string of the molecule is O=C(c1cnco1)N1CCC2CNCC21. The van der Waals surface area contributed by atoms with E-state index in [0.29, 0.717) is 17.7 Å². The molecule has 5 nitrogen and oxygen atoms in total. The summed E-state index contributed by atoms with van der Waals surface area (Å²) in [6, 6.07) is 0.350. The molecule has 80 valence electrons. The number of hydrogen-bond acceptors (Lipinski definition) is 4. The number of nitrogens with zero attached hydrogens (tertiary/aromatic N) is 2. The van der Waals surface area contributed by atoms with Crippen LogP contribution in [-0.4, -0.2) is 41.5 Å². The highest BCUT2D eigenvalue weighted by atomic mass is 16.3. The minimum Gasteiger partial charge on any atom is -0.438 e. The van der Waals surface area contributed by atoms with Crippen LogP contribution in [0.5, 0.6) is 0 Å². The molecule has 2 aliphatic heterocycles. The summed E-state index contributed by atoms with van der Waals surface area (Å²) >= 11 is 0. The topological polar surface area (TPSA) is 58.4 Å². The molecule has 0 radical (unpaired) electrons. The summed E-state index contributed by atoms with van der Waals surface area (Å²) in [6.07, 6.45) is 3.88. The van der Waals surface area contributed by atoms with E-state index in [1.807, 2.05) is 4.90 Å². The van der Waals surface area contributed by atoms with Gasteiger partial charge in [-0.3, -0.25) is 4.79 Å². The maximum absolute atomic E-state index is 12.0. The van der Waals surface area contributed by atoms with Crippen LogP contribution in [0.1, 0.15) is 17.0 Å². The lowest BCUT2D eigenvalue weighted by molar-refractivity contribution is 0.0705. The summed E-state index contributed by atoms with van der Waals surface area (Å²) in [7, 11) is 0. The molecule has 0 spiro atoms. The molecule has 2 saturated heterocycles. The van der Waals surface area contributed by atoms with Crippen molar-refractivity contribution in [3.63, 3.8) is 0 Å². The zero-order valence-electron chi connectivity index (χ0n) is 8.35. The Labute approximate surface area is 87.5 Å². The minimum atomic E-state index is -0.0244. The van der Waals surface area contributed by atoms with Crippen LogP contribution < -0.4 is 5.32 Å². The lowest BCUT2D eigenvalue weighted by atomic mass is 10.1. The summed E-state index contributed by atoms with van der Waals surface area (Å²) in [4.78, 5) is 17.7. The van der Waals surface area contributed by atoms with Crippen molar-refractivity contribution in [3.05, 3.63) is 18.4 Å². The molecule has 0 bridgehead atoms. The molecule has 3 heterocycles. The van der Waals surface area contributed by atoms with Gasteiger partial charge in [0.15, 0.2) is 6.39 Å². The Balaban J connectivity index is 1.80. The van der Waals surface area contributed by atoms with E-state index >= 15 is 0 Å². The first-order valence-electron chi connectivity index (χ1n) is 5.26. The number of carbonyl (C=O) groups excluding carboxylic acids is 1. The van der Waals surface area contributed by atoms with Gasteiger partial charge in [-0.25, -0.2) is 4.98 Å². The molecule has 0 aromatic carbocycles. The molecular weight excluding hydrogens is 194 g/mol. The van der Waals surface area contributed by atoms with Gasteiger partial charge in [0.25, 0.3) is 5.91 Å². The van der Waals surface area contributed by atoms with Gasteiger partial charge >= 0.3 is 0 Å². The number of aromatic nitrogens is 1. The predicted molar refractivity (Wildman–Crippen MR) is 52.3 cm³/mol. The molecule has 1 aromatic heterocycles. The summed E-state index contributed by atoms with van der Waals surface area (Å²) in [5, 5.41) is 3.31. The van der Waals surface area contributed by atoms with Crippen molar-refractivity contribution < 1.29 is 9.21 Å². The molecule has 1 N–H and O–H groups in total. The molecule has 1 aromatic rings. The van der Waals surface area contributed by atoms with Gasteiger partial charge in [-0.2, -0.15) is 0 Å². The Hall–Kier alpha value is -1.36. The number of amides is 1. The summed E-state index contributed by atoms with van der Waals surface area (Å²) < 4.78 is 5.03. The normalized spacial score (nSPS) is 29.5. The fourth-order valence-electron chi connectivity index (χ4n) is 2.56. The van der Waals surface area contributed by atoms with Crippen molar-refractivity contribution in [2.45, 2.75) is 12.5 Å². The van der Waals surface area contributed by atoms with Crippen molar-refractivity contribution >= 4 is 5.91 Å². The number of likely N-dealkylation sites (tertiary alicyclic amines) is 1. The molecule has 1 amide bonds. The van der Waals surface area contributed by atoms with E-state index in [1.54, 1.807) is 0 Å². The van der Waals surface area contributed by atoms with E-state index in [1.165, 1.54) is 12.6 Å². The molecule has 5 heteroatoms. The summed E-state index contributed by atoms with van der Waals surface area (Å²) in [5.74, 6) is 0.947. The highest BCUT2D eigenvalue weighted by molar-refractivity contribution is 5.91. The molecule has 15 heavy (non-hydrogen) atoms. The van der Waals surface area contributed by atoms with Crippen LogP contribution in [0.15, 0.2) is 17.0 Å². The van der Waals surface area contributed by atoms with Crippen LogP contribution in [0.4, 0.5) is 0 Å². The predicted octanol–water partition coefficient (Wildman–Crippen LogP) is 0.108. The van der Waals surface area contributed by atoms with Crippen molar-refractivity contribution in [2.24, 2.45) is 5.92 Å². The maximum atomic E-state index is 12.0. The van der Waals surface area contributed by atoms with Crippen molar-refractivity contribution in [2.75, 3.05) is 19.6 Å². The molecule has 0 aliphatic carbocycles. The summed E-state index contributed by atoms with van der Waals surface area (Å²) in [6.45, 7) is 2.78. The number of nitrogens with one attached hydrogen (secondary N) is 1. The average Bonchev–Trinajstić information content (AvgIpc) is 2.94. The van der Waals surface area contributed by atoms with Crippen LogP contribution in [0.25, 0.3) is 0 Å². The Morgan fingerprint density at radius 1 is 1.60 bits per heavy atom. The van der Waals surface area contributed by atoms with E-state index < -0.39 is 0 Å². The van der Waals surface area contributed by atoms with Gasteiger partial charge in [0.05, 0.1) is 6.20 Å². The fraction of sp³-hybridized carbons (Fsp3) is 0.600. The van der Waals surface area contributed by atoms with E-state index in [-0.39, 0.29) is 5.91 Å². The second kappa shape index (κ2) is 3.34. The van der Waals surface area contributed by atoms with Crippen LogP contribution in [0.3, 0.4) is 0 Å².